The molecule has 0 saturated carbocycles. The summed E-state index contributed by atoms with van der Waals surface area (Å²) in [6.07, 6.45) is 1.60. The standard InChI is InChI=1S/C11H11NO/c1-3-7-12-11(13)10-6-4-5-9(2)8-10/h3-6,8H,1-2H3. The quantitative estimate of drug-likeness (QED) is 0.599. The maximum Gasteiger partial charge on any atom is 0.285 e. The third kappa shape index (κ3) is 2.69. The van der Waals surface area contributed by atoms with Crippen LogP contribution >= 0.6 is 0 Å². The summed E-state index contributed by atoms with van der Waals surface area (Å²) in [6, 6.07) is 7.34. The number of carbonyl (C=O) groups is 1. The van der Waals surface area contributed by atoms with Gasteiger partial charge in [-0.15, -0.1) is 0 Å². The fourth-order valence-corrected chi connectivity index (χ4v) is 0.966. The molecule has 2 heteroatoms. The van der Waals surface area contributed by atoms with Crippen molar-refractivity contribution in [3.05, 3.63) is 41.5 Å². The molecule has 13 heavy (non-hydrogen) atoms. The lowest BCUT2D eigenvalue weighted by Gasteiger charge is -1.94. The highest BCUT2D eigenvalue weighted by molar-refractivity contribution is 5.98. The predicted molar refractivity (Wildman–Crippen MR) is 53.2 cm³/mol. The second-order valence-corrected chi connectivity index (χ2v) is 2.70. The Labute approximate surface area is 77.6 Å². The normalized spacial score (nSPS) is 8.77. The van der Waals surface area contributed by atoms with E-state index in [9.17, 15) is 4.79 Å². The van der Waals surface area contributed by atoms with Gasteiger partial charge in [-0.1, -0.05) is 17.7 Å². The first kappa shape index (κ1) is 9.43. The molecule has 66 valence electrons. The topological polar surface area (TPSA) is 29.4 Å². The van der Waals surface area contributed by atoms with Gasteiger partial charge in [0.05, 0.1) is 0 Å². The van der Waals surface area contributed by atoms with Crippen molar-refractivity contribution in [3.8, 4) is 0 Å². The Bertz CT molecular complexity index is 373. The molecule has 1 rings (SSSR count). The average molecular weight is 173 g/mol. The van der Waals surface area contributed by atoms with Crippen LogP contribution in [0.25, 0.3) is 0 Å². The molecule has 0 fully saturated rings. The van der Waals surface area contributed by atoms with E-state index in [1.165, 1.54) is 0 Å². The van der Waals surface area contributed by atoms with Crippen LogP contribution < -0.4 is 0 Å². The van der Waals surface area contributed by atoms with Crippen LogP contribution in [0, 0.1) is 6.92 Å². The van der Waals surface area contributed by atoms with Gasteiger partial charge in [-0.2, -0.15) is 4.99 Å². The number of aryl methyl sites for hydroxylation is 1. The second kappa shape index (κ2) is 4.39. The van der Waals surface area contributed by atoms with Crippen LogP contribution in [0.5, 0.6) is 0 Å². The Morgan fingerprint density at radius 3 is 2.92 bits per heavy atom. The van der Waals surface area contributed by atoms with E-state index in [1.54, 1.807) is 19.1 Å². The molecule has 0 aromatic heterocycles. The van der Waals surface area contributed by atoms with Crippen LogP contribution in [0.4, 0.5) is 0 Å². The van der Waals surface area contributed by atoms with Crippen LogP contribution in [0.2, 0.25) is 0 Å². The van der Waals surface area contributed by atoms with Crippen molar-refractivity contribution in [2.24, 2.45) is 4.99 Å². The second-order valence-electron chi connectivity index (χ2n) is 2.70. The zero-order chi connectivity index (χ0) is 9.68. The van der Waals surface area contributed by atoms with E-state index in [4.69, 9.17) is 0 Å². The van der Waals surface area contributed by atoms with E-state index in [1.807, 2.05) is 25.1 Å². The molecule has 1 aromatic carbocycles. The Balaban J connectivity index is 2.96. The molecule has 0 aliphatic carbocycles. The Morgan fingerprint density at radius 2 is 2.31 bits per heavy atom. The zero-order valence-electron chi connectivity index (χ0n) is 7.74. The number of amides is 1. The highest BCUT2D eigenvalue weighted by atomic mass is 16.1. The molecule has 2 nitrogen and oxygen atoms in total. The number of nitrogens with zero attached hydrogens (tertiary/aromatic N) is 1. The number of benzene rings is 1. The first-order valence-electron chi connectivity index (χ1n) is 4.09. The van der Waals surface area contributed by atoms with Gasteiger partial charge in [-0.05, 0) is 37.9 Å². The Hall–Kier alpha value is -1.66. The number of aliphatic imine (C=N–C) groups is 1. The zero-order valence-corrected chi connectivity index (χ0v) is 7.74. The monoisotopic (exact) mass is 173 g/mol. The number of allylic oxidation sites excluding steroid dienone is 1. The van der Waals surface area contributed by atoms with Gasteiger partial charge in [0.1, 0.15) is 0 Å². The minimum absolute atomic E-state index is 0.248. The lowest BCUT2D eigenvalue weighted by atomic mass is 10.1. The molecular weight excluding hydrogens is 162 g/mol. The molecular formula is C11H11NO. The van der Waals surface area contributed by atoms with E-state index in [0.717, 1.165) is 5.56 Å². The molecule has 0 spiro atoms. The summed E-state index contributed by atoms with van der Waals surface area (Å²) in [4.78, 5) is 14.9. The summed E-state index contributed by atoms with van der Waals surface area (Å²) in [5, 5.41) is 0. The van der Waals surface area contributed by atoms with Crippen LogP contribution in [0.3, 0.4) is 0 Å². The van der Waals surface area contributed by atoms with Gasteiger partial charge < -0.3 is 0 Å². The molecule has 0 bridgehead atoms. The molecule has 0 saturated heterocycles. The molecule has 0 aliphatic heterocycles. The molecule has 0 heterocycles. The maximum atomic E-state index is 11.3. The average Bonchev–Trinajstić information content (AvgIpc) is 2.14. The Kier molecular flexibility index (Phi) is 3.18. The summed E-state index contributed by atoms with van der Waals surface area (Å²) < 4.78 is 0. The van der Waals surface area contributed by atoms with Crippen molar-refractivity contribution in [1.82, 2.24) is 0 Å². The fraction of sp³-hybridized carbons (Fsp3) is 0.182. The summed E-state index contributed by atoms with van der Waals surface area (Å²) in [7, 11) is 0. The first-order valence-corrected chi connectivity index (χ1v) is 4.09. The van der Waals surface area contributed by atoms with Crippen LogP contribution in [-0.2, 0) is 0 Å². The summed E-state index contributed by atoms with van der Waals surface area (Å²) in [6.45, 7) is 3.71. The van der Waals surface area contributed by atoms with Gasteiger partial charge in [0.25, 0.3) is 5.91 Å². The van der Waals surface area contributed by atoms with Crippen molar-refractivity contribution in [2.75, 3.05) is 0 Å². The van der Waals surface area contributed by atoms with E-state index in [2.05, 4.69) is 10.9 Å². The summed E-state index contributed by atoms with van der Waals surface area (Å²) in [5.41, 5.74) is 1.66. The summed E-state index contributed by atoms with van der Waals surface area (Å²) >= 11 is 0. The van der Waals surface area contributed by atoms with E-state index >= 15 is 0 Å². The van der Waals surface area contributed by atoms with E-state index in [-0.39, 0.29) is 5.91 Å². The molecule has 0 atom stereocenters. The van der Waals surface area contributed by atoms with Crippen LogP contribution in [0.15, 0.2) is 35.3 Å². The third-order valence-electron chi connectivity index (χ3n) is 1.56. The van der Waals surface area contributed by atoms with Crippen molar-refractivity contribution in [3.63, 3.8) is 0 Å². The van der Waals surface area contributed by atoms with Crippen molar-refractivity contribution in [2.45, 2.75) is 13.8 Å². The number of hydrogen-bond donors (Lipinski definition) is 0. The highest BCUT2D eigenvalue weighted by Gasteiger charge is 2.01. The van der Waals surface area contributed by atoms with Gasteiger partial charge in [0, 0.05) is 5.56 Å². The number of carbonyl (C=O) groups excluding carboxylic acids is 1. The first-order chi connectivity index (χ1) is 6.24. The minimum atomic E-state index is -0.248. The molecule has 1 amide bonds. The highest BCUT2D eigenvalue weighted by Crippen LogP contribution is 2.04. The molecule has 1 aromatic rings. The lowest BCUT2D eigenvalue weighted by Crippen LogP contribution is -1.93. The van der Waals surface area contributed by atoms with Crippen molar-refractivity contribution < 1.29 is 4.79 Å². The smallest absolute Gasteiger partial charge is 0.266 e. The Morgan fingerprint density at radius 1 is 1.54 bits per heavy atom. The molecule has 0 radical (unpaired) electrons. The summed E-state index contributed by atoms with van der Waals surface area (Å²) in [5.74, 6) is 2.27. The van der Waals surface area contributed by atoms with Crippen molar-refractivity contribution in [1.29, 1.82) is 0 Å². The predicted octanol–water partition coefficient (Wildman–Crippen LogP) is 2.38. The molecule has 0 N–H and O–H groups in total. The van der Waals surface area contributed by atoms with Crippen LogP contribution in [0.1, 0.15) is 22.8 Å². The fourth-order valence-electron chi connectivity index (χ4n) is 0.966. The van der Waals surface area contributed by atoms with Gasteiger partial charge in [-0.3, -0.25) is 4.79 Å². The maximum absolute atomic E-state index is 11.3. The van der Waals surface area contributed by atoms with Crippen molar-refractivity contribution >= 4 is 11.8 Å². The molecule has 0 unspecified atom stereocenters. The van der Waals surface area contributed by atoms with Crippen LogP contribution in [-0.4, -0.2) is 11.8 Å². The van der Waals surface area contributed by atoms with Gasteiger partial charge in [0.15, 0.2) is 0 Å². The van der Waals surface area contributed by atoms with Gasteiger partial charge in [-0.25, -0.2) is 0 Å². The van der Waals surface area contributed by atoms with Gasteiger partial charge in [0.2, 0.25) is 0 Å². The SMILES string of the molecule is CC=C=NC(=O)c1cccc(C)c1. The third-order valence-corrected chi connectivity index (χ3v) is 1.56. The minimum Gasteiger partial charge on any atom is -0.266 e. The largest absolute Gasteiger partial charge is 0.285 e. The lowest BCUT2D eigenvalue weighted by molar-refractivity contribution is 0.100. The van der Waals surface area contributed by atoms with Gasteiger partial charge >= 0.3 is 0 Å². The van der Waals surface area contributed by atoms with E-state index < -0.39 is 0 Å². The van der Waals surface area contributed by atoms with E-state index in [0.29, 0.717) is 5.56 Å². The molecule has 0 aliphatic rings. The number of hydrogen-bond acceptors (Lipinski definition) is 1. The number of rotatable bonds is 1.